The summed E-state index contributed by atoms with van der Waals surface area (Å²) >= 11 is 11.8. The topological polar surface area (TPSA) is 49.4 Å². The fraction of sp³-hybridized carbons (Fsp3) is 0. The summed E-state index contributed by atoms with van der Waals surface area (Å²) < 4.78 is 13.9. The highest BCUT2D eigenvalue weighted by Gasteiger charge is 2.39. The van der Waals surface area contributed by atoms with Gasteiger partial charge in [-0.3, -0.25) is 9.59 Å². The van der Waals surface area contributed by atoms with Gasteiger partial charge in [0.2, 0.25) is 0 Å². The van der Waals surface area contributed by atoms with Crippen LogP contribution < -0.4 is 10.2 Å². The van der Waals surface area contributed by atoms with Crippen LogP contribution in [-0.2, 0) is 9.59 Å². The Hall–Kier alpha value is -2.37. The SMILES string of the molecule is O=C1C(Cl)=C(Nc2ccc(Cl)cc2)C(=O)N1c1ccccc1F. The van der Waals surface area contributed by atoms with Crippen LogP contribution >= 0.6 is 23.2 Å². The van der Waals surface area contributed by atoms with Gasteiger partial charge in [0, 0.05) is 10.7 Å². The van der Waals surface area contributed by atoms with Gasteiger partial charge in [-0.2, -0.15) is 0 Å². The first-order valence-electron chi connectivity index (χ1n) is 6.54. The average Bonchev–Trinajstić information content (AvgIpc) is 2.74. The smallest absolute Gasteiger partial charge is 0.283 e. The molecule has 3 rings (SSSR count). The van der Waals surface area contributed by atoms with E-state index in [1.54, 1.807) is 24.3 Å². The van der Waals surface area contributed by atoms with Crippen molar-refractivity contribution in [3.63, 3.8) is 0 Å². The maximum atomic E-state index is 13.9. The summed E-state index contributed by atoms with van der Waals surface area (Å²) in [5, 5.41) is 3.00. The second-order valence-electron chi connectivity index (χ2n) is 4.72. The fourth-order valence-corrected chi connectivity index (χ4v) is 2.48. The number of benzene rings is 2. The highest BCUT2D eigenvalue weighted by molar-refractivity contribution is 6.53. The number of halogens is 3. The Morgan fingerprint density at radius 1 is 0.913 bits per heavy atom. The summed E-state index contributed by atoms with van der Waals surface area (Å²) in [5.41, 5.74) is 0.273. The molecule has 0 bridgehead atoms. The van der Waals surface area contributed by atoms with Crippen LogP contribution in [0.25, 0.3) is 0 Å². The van der Waals surface area contributed by atoms with Crippen molar-refractivity contribution in [3.8, 4) is 0 Å². The Kier molecular flexibility index (Phi) is 4.07. The van der Waals surface area contributed by atoms with Gasteiger partial charge >= 0.3 is 0 Å². The molecule has 1 aliphatic heterocycles. The number of imide groups is 1. The lowest BCUT2D eigenvalue weighted by Crippen LogP contribution is -2.33. The van der Waals surface area contributed by atoms with Crippen LogP contribution in [-0.4, -0.2) is 11.8 Å². The van der Waals surface area contributed by atoms with Crippen LogP contribution in [0.15, 0.2) is 59.3 Å². The zero-order valence-corrected chi connectivity index (χ0v) is 13.0. The number of carbonyl (C=O) groups excluding carboxylic acids is 2. The summed E-state index contributed by atoms with van der Waals surface area (Å²) in [5.74, 6) is -2.19. The van der Waals surface area contributed by atoms with Gasteiger partial charge in [0.15, 0.2) is 0 Å². The summed E-state index contributed by atoms with van der Waals surface area (Å²) in [4.78, 5) is 25.4. The van der Waals surface area contributed by atoms with E-state index in [-0.39, 0.29) is 16.4 Å². The Balaban J connectivity index is 1.93. The highest BCUT2D eigenvalue weighted by atomic mass is 35.5. The van der Waals surface area contributed by atoms with E-state index in [9.17, 15) is 14.0 Å². The summed E-state index contributed by atoms with van der Waals surface area (Å²) in [6.07, 6.45) is 0. The first-order valence-corrected chi connectivity index (χ1v) is 7.30. The molecule has 4 nitrogen and oxygen atoms in total. The summed E-state index contributed by atoms with van der Waals surface area (Å²) in [7, 11) is 0. The Morgan fingerprint density at radius 2 is 1.57 bits per heavy atom. The number of nitrogens with zero attached hydrogens (tertiary/aromatic N) is 1. The number of carbonyl (C=O) groups is 2. The van der Waals surface area contributed by atoms with Crippen LogP contribution in [0.3, 0.4) is 0 Å². The quantitative estimate of drug-likeness (QED) is 0.853. The number of amides is 2. The fourth-order valence-electron chi connectivity index (χ4n) is 2.14. The predicted octanol–water partition coefficient (Wildman–Crippen LogP) is 3.91. The second kappa shape index (κ2) is 6.02. The molecule has 0 atom stereocenters. The van der Waals surface area contributed by atoms with E-state index in [0.29, 0.717) is 15.6 Å². The Labute approximate surface area is 141 Å². The molecular weight excluding hydrogens is 342 g/mol. The maximum Gasteiger partial charge on any atom is 0.283 e. The zero-order valence-electron chi connectivity index (χ0n) is 11.5. The lowest BCUT2D eigenvalue weighted by Gasteiger charge is -2.15. The molecule has 0 unspecified atom stereocenters. The van der Waals surface area contributed by atoms with Crippen molar-refractivity contribution in [1.82, 2.24) is 0 Å². The van der Waals surface area contributed by atoms with Gasteiger partial charge in [-0.1, -0.05) is 35.3 Å². The Morgan fingerprint density at radius 3 is 2.22 bits per heavy atom. The Bertz CT molecular complexity index is 834. The lowest BCUT2D eigenvalue weighted by atomic mass is 10.2. The first kappa shape index (κ1) is 15.5. The van der Waals surface area contributed by atoms with Gasteiger partial charge in [0.05, 0.1) is 5.69 Å². The van der Waals surface area contributed by atoms with Crippen molar-refractivity contribution in [2.75, 3.05) is 10.2 Å². The van der Waals surface area contributed by atoms with E-state index in [1.807, 2.05) is 0 Å². The van der Waals surface area contributed by atoms with Crippen molar-refractivity contribution >= 4 is 46.4 Å². The van der Waals surface area contributed by atoms with Crippen molar-refractivity contribution in [3.05, 3.63) is 70.1 Å². The van der Waals surface area contributed by atoms with Crippen molar-refractivity contribution in [2.24, 2.45) is 0 Å². The molecule has 0 spiro atoms. The van der Waals surface area contributed by atoms with Crippen molar-refractivity contribution in [1.29, 1.82) is 0 Å². The minimum Gasteiger partial charge on any atom is -0.350 e. The van der Waals surface area contributed by atoms with Gasteiger partial charge in [0.1, 0.15) is 16.5 Å². The lowest BCUT2D eigenvalue weighted by molar-refractivity contribution is -0.120. The van der Waals surface area contributed by atoms with Crippen LogP contribution in [0, 0.1) is 5.82 Å². The van der Waals surface area contributed by atoms with E-state index in [0.717, 1.165) is 6.07 Å². The molecule has 0 aromatic heterocycles. The van der Waals surface area contributed by atoms with Gasteiger partial charge in [-0.25, -0.2) is 9.29 Å². The molecule has 0 saturated carbocycles. The van der Waals surface area contributed by atoms with E-state index in [4.69, 9.17) is 23.2 Å². The number of nitrogens with one attached hydrogen (secondary N) is 1. The number of hydrogen-bond donors (Lipinski definition) is 1. The molecule has 1 N–H and O–H groups in total. The summed E-state index contributed by atoms with van der Waals surface area (Å²) in [6, 6.07) is 12.0. The van der Waals surface area contributed by atoms with E-state index in [1.165, 1.54) is 18.2 Å². The molecule has 7 heteroatoms. The second-order valence-corrected chi connectivity index (χ2v) is 5.53. The monoisotopic (exact) mass is 350 g/mol. The molecule has 2 aromatic carbocycles. The van der Waals surface area contributed by atoms with E-state index >= 15 is 0 Å². The predicted molar refractivity (Wildman–Crippen MR) is 86.8 cm³/mol. The third kappa shape index (κ3) is 2.81. The van der Waals surface area contributed by atoms with E-state index < -0.39 is 17.6 Å². The number of hydrogen-bond acceptors (Lipinski definition) is 3. The number of para-hydroxylation sites is 1. The zero-order chi connectivity index (χ0) is 16.6. The van der Waals surface area contributed by atoms with Gasteiger partial charge in [-0.15, -0.1) is 0 Å². The standard InChI is InChI=1S/C16H9Cl2FN2O2/c17-9-5-7-10(8-6-9)20-14-13(18)15(22)21(16(14)23)12-4-2-1-3-11(12)19/h1-8,20H. The molecule has 0 aliphatic carbocycles. The molecule has 1 aliphatic rings. The first-order chi connectivity index (χ1) is 11.0. The largest absolute Gasteiger partial charge is 0.350 e. The number of anilines is 2. The van der Waals surface area contributed by atoms with Crippen LogP contribution in [0.5, 0.6) is 0 Å². The molecule has 116 valence electrons. The number of rotatable bonds is 3. The van der Waals surface area contributed by atoms with Crippen LogP contribution in [0.2, 0.25) is 5.02 Å². The molecule has 0 saturated heterocycles. The highest BCUT2D eigenvalue weighted by Crippen LogP contribution is 2.31. The van der Waals surface area contributed by atoms with Crippen LogP contribution in [0.1, 0.15) is 0 Å². The third-order valence-electron chi connectivity index (χ3n) is 3.23. The normalized spacial score (nSPS) is 14.7. The average molecular weight is 351 g/mol. The molecular formula is C16H9Cl2FN2O2. The summed E-state index contributed by atoms with van der Waals surface area (Å²) in [6.45, 7) is 0. The molecule has 2 aromatic rings. The molecule has 23 heavy (non-hydrogen) atoms. The van der Waals surface area contributed by atoms with Gasteiger partial charge in [-0.05, 0) is 36.4 Å². The molecule has 0 radical (unpaired) electrons. The molecule has 0 fully saturated rings. The maximum absolute atomic E-state index is 13.9. The third-order valence-corrected chi connectivity index (χ3v) is 3.84. The van der Waals surface area contributed by atoms with Crippen molar-refractivity contribution < 1.29 is 14.0 Å². The van der Waals surface area contributed by atoms with Crippen molar-refractivity contribution in [2.45, 2.75) is 0 Å². The molecule has 1 heterocycles. The van der Waals surface area contributed by atoms with Gasteiger partial charge < -0.3 is 5.32 Å². The van der Waals surface area contributed by atoms with E-state index in [2.05, 4.69) is 5.32 Å². The van der Waals surface area contributed by atoms with Gasteiger partial charge in [0.25, 0.3) is 11.8 Å². The minimum atomic E-state index is -0.779. The molecule has 2 amide bonds. The van der Waals surface area contributed by atoms with Crippen LogP contribution in [0.4, 0.5) is 15.8 Å². The minimum absolute atomic E-state index is 0.109.